The Hall–Kier alpha value is -1.46. The van der Waals surface area contributed by atoms with Crippen LogP contribution in [0.2, 0.25) is 0 Å². The number of hydrogen-bond donors (Lipinski definition) is 3. The van der Waals surface area contributed by atoms with Gasteiger partial charge in [-0.1, -0.05) is 0 Å². The zero-order valence-electron chi connectivity index (χ0n) is 10.3. The molecule has 5 heteroatoms. The molecule has 1 unspecified atom stereocenters. The van der Waals surface area contributed by atoms with E-state index in [-0.39, 0.29) is 0 Å². The van der Waals surface area contributed by atoms with Crippen LogP contribution in [0.4, 0.5) is 11.4 Å². The van der Waals surface area contributed by atoms with Crippen molar-refractivity contribution in [3.63, 3.8) is 0 Å². The molecule has 0 aromatic heterocycles. The van der Waals surface area contributed by atoms with Crippen LogP contribution in [0.25, 0.3) is 0 Å². The summed E-state index contributed by atoms with van der Waals surface area (Å²) in [5, 5.41) is 12.6. The predicted octanol–water partition coefficient (Wildman–Crippen LogP) is 1.09. The maximum absolute atomic E-state index is 9.46. The Balaban J connectivity index is 2.41. The molecule has 1 atom stereocenters. The summed E-state index contributed by atoms with van der Waals surface area (Å²) in [5.74, 6) is 0.646. The van der Waals surface area contributed by atoms with Gasteiger partial charge >= 0.3 is 0 Å². The molecule has 0 saturated carbocycles. The second-order valence-electron chi connectivity index (χ2n) is 3.78. The number of nitrogen functional groups attached to an aromatic ring is 1. The molecule has 0 aliphatic carbocycles. The van der Waals surface area contributed by atoms with E-state index in [1.165, 1.54) is 0 Å². The maximum atomic E-state index is 9.46. The Morgan fingerprint density at radius 2 is 2.18 bits per heavy atom. The third-order valence-corrected chi connectivity index (χ3v) is 2.40. The number of aliphatic hydroxyl groups excluding tert-OH is 1. The van der Waals surface area contributed by atoms with Crippen molar-refractivity contribution in [3.8, 4) is 5.75 Å². The molecule has 0 fully saturated rings. The van der Waals surface area contributed by atoms with Gasteiger partial charge in [0.25, 0.3) is 0 Å². The fraction of sp³-hybridized carbons (Fsp3) is 0.500. The fourth-order valence-corrected chi connectivity index (χ4v) is 1.48. The van der Waals surface area contributed by atoms with Crippen LogP contribution < -0.4 is 15.8 Å². The zero-order valence-corrected chi connectivity index (χ0v) is 10.3. The van der Waals surface area contributed by atoms with Gasteiger partial charge in [-0.15, -0.1) is 0 Å². The molecular formula is C12H20N2O3. The lowest BCUT2D eigenvalue weighted by Gasteiger charge is -2.12. The number of ether oxygens (including phenoxy) is 2. The summed E-state index contributed by atoms with van der Waals surface area (Å²) in [6.07, 6.45) is 0.184. The molecule has 0 heterocycles. The van der Waals surface area contributed by atoms with Crippen molar-refractivity contribution >= 4 is 11.4 Å². The SMILES string of the molecule is COCC(O)CCNc1ccc(N)c(OC)c1. The summed E-state index contributed by atoms with van der Waals surface area (Å²) >= 11 is 0. The van der Waals surface area contributed by atoms with Crippen molar-refractivity contribution in [1.29, 1.82) is 0 Å². The lowest BCUT2D eigenvalue weighted by atomic mass is 10.2. The first-order valence-electron chi connectivity index (χ1n) is 5.51. The molecule has 0 saturated heterocycles. The molecule has 96 valence electrons. The molecule has 4 N–H and O–H groups in total. The molecule has 1 aromatic carbocycles. The number of nitrogens with one attached hydrogen (secondary N) is 1. The van der Waals surface area contributed by atoms with E-state index in [1.54, 1.807) is 20.3 Å². The van der Waals surface area contributed by atoms with E-state index in [2.05, 4.69) is 5.32 Å². The standard InChI is InChI=1S/C12H20N2O3/c1-16-8-10(15)5-6-14-9-3-4-11(13)12(7-9)17-2/h3-4,7,10,14-15H,5-6,8,13H2,1-2H3. The highest BCUT2D eigenvalue weighted by Gasteiger charge is 2.04. The Bertz CT molecular complexity index is 345. The number of methoxy groups -OCH3 is 2. The monoisotopic (exact) mass is 240 g/mol. The number of aliphatic hydroxyl groups is 1. The molecule has 1 rings (SSSR count). The summed E-state index contributed by atoms with van der Waals surface area (Å²) in [4.78, 5) is 0. The van der Waals surface area contributed by atoms with Crippen LogP contribution >= 0.6 is 0 Å². The summed E-state index contributed by atoms with van der Waals surface area (Å²) < 4.78 is 9.96. The van der Waals surface area contributed by atoms with Crippen LogP contribution in [0.3, 0.4) is 0 Å². The van der Waals surface area contributed by atoms with Gasteiger partial charge in [-0.25, -0.2) is 0 Å². The highest BCUT2D eigenvalue weighted by molar-refractivity contribution is 5.61. The van der Waals surface area contributed by atoms with Crippen LogP contribution in [0.15, 0.2) is 18.2 Å². The van der Waals surface area contributed by atoms with Gasteiger partial charge in [0.2, 0.25) is 0 Å². The van der Waals surface area contributed by atoms with Crippen LogP contribution in [-0.4, -0.2) is 38.6 Å². The Kier molecular flexibility index (Phi) is 5.59. The van der Waals surface area contributed by atoms with E-state index in [0.717, 1.165) is 5.69 Å². The average molecular weight is 240 g/mol. The third-order valence-electron chi connectivity index (χ3n) is 2.40. The highest BCUT2D eigenvalue weighted by Crippen LogP contribution is 2.24. The normalized spacial score (nSPS) is 12.2. The van der Waals surface area contributed by atoms with Crippen molar-refractivity contribution in [2.24, 2.45) is 0 Å². The lowest BCUT2D eigenvalue weighted by molar-refractivity contribution is 0.0615. The van der Waals surface area contributed by atoms with Crippen molar-refractivity contribution in [1.82, 2.24) is 0 Å². The first-order valence-corrected chi connectivity index (χ1v) is 5.51. The number of rotatable bonds is 7. The van der Waals surface area contributed by atoms with Crippen LogP contribution in [-0.2, 0) is 4.74 Å². The molecule has 0 aliphatic rings. The van der Waals surface area contributed by atoms with Crippen molar-refractivity contribution in [2.45, 2.75) is 12.5 Å². The molecule has 0 radical (unpaired) electrons. The zero-order chi connectivity index (χ0) is 12.7. The Labute approximate surface area is 102 Å². The van der Waals surface area contributed by atoms with Crippen molar-refractivity contribution in [3.05, 3.63) is 18.2 Å². The molecule has 0 bridgehead atoms. The minimum Gasteiger partial charge on any atom is -0.495 e. The van der Waals surface area contributed by atoms with Gasteiger partial charge in [0, 0.05) is 25.4 Å². The molecule has 5 nitrogen and oxygen atoms in total. The number of nitrogens with two attached hydrogens (primary N) is 1. The van der Waals surface area contributed by atoms with Crippen LogP contribution in [0.1, 0.15) is 6.42 Å². The van der Waals surface area contributed by atoms with Gasteiger partial charge in [-0.2, -0.15) is 0 Å². The summed E-state index contributed by atoms with van der Waals surface area (Å²) in [7, 11) is 3.15. The van der Waals surface area contributed by atoms with Crippen molar-refractivity contribution < 1.29 is 14.6 Å². The molecule has 0 aliphatic heterocycles. The molecule has 0 amide bonds. The summed E-state index contributed by atoms with van der Waals surface area (Å²) in [6.45, 7) is 1.02. The quantitative estimate of drug-likeness (QED) is 0.622. The first kappa shape index (κ1) is 13.6. The second-order valence-corrected chi connectivity index (χ2v) is 3.78. The van der Waals surface area contributed by atoms with E-state index in [1.807, 2.05) is 12.1 Å². The summed E-state index contributed by atoms with van der Waals surface area (Å²) in [5.41, 5.74) is 7.23. The highest BCUT2D eigenvalue weighted by atomic mass is 16.5. The van der Waals surface area contributed by atoms with Crippen LogP contribution in [0.5, 0.6) is 5.75 Å². The van der Waals surface area contributed by atoms with E-state index in [4.69, 9.17) is 15.2 Å². The topological polar surface area (TPSA) is 76.7 Å². The smallest absolute Gasteiger partial charge is 0.143 e. The van der Waals surface area contributed by atoms with Gasteiger partial charge < -0.3 is 25.6 Å². The van der Waals surface area contributed by atoms with Crippen LogP contribution in [0, 0.1) is 0 Å². The maximum Gasteiger partial charge on any atom is 0.143 e. The van der Waals surface area contributed by atoms with Gasteiger partial charge in [0.15, 0.2) is 0 Å². The Morgan fingerprint density at radius 1 is 1.41 bits per heavy atom. The number of anilines is 2. The minimum absolute atomic E-state index is 0.354. The van der Waals surface area contributed by atoms with Gasteiger partial charge in [0.1, 0.15) is 5.75 Å². The second kappa shape index (κ2) is 6.98. The molecule has 0 spiro atoms. The van der Waals surface area contributed by atoms with E-state index in [9.17, 15) is 5.11 Å². The lowest BCUT2D eigenvalue weighted by Crippen LogP contribution is -2.18. The van der Waals surface area contributed by atoms with Gasteiger partial charge in [0.05, 0.1) is 25.5 Å². The molecule has 1 aromatic rings. The largest absolute Gasteiger partial charge is 0.495 e. The van der Waals surface area contributed by atoms with Gasteiger partial charge in [-0.05, 0) is 18.6 Å². The van der Waals surface area contributed by atoms with Gasteiger partial charge in [-0.3, -0.25) is 0 Å². The summed E-state index contributed by atoms with van der Waals surface area (Å²) in [6, 6.07) is 5.49. The Morgan fingerprint density at radius 3 is 2.82 bits per heavy atom. The molecule has 17 heavy (non-hydrogen) atoms. The van der Waals surface area contributed by atoms with E-state index >= 15 is 0 Å². The van der Waals surface area contributed by atoms with Crippen molar-refractivity contribution in [2.75, 3.05) is 38.4 Å². The number of benzene rings is 1. The fourth-order valence-electron chi connectivity index (χ4n) is 1.48. The minimum atomic E-state index is -0.442. The number of hydrogen-bond acceptors (Lipinski definition) is 5. The molecular weight excluding hydrogens is 220 g/mol. The first-order chi connectivity index (χ1) is 8.17. The van der Waals surface area contributed by atoms with E-state index < -0.39 is 6.10 Å². The average Bonchev–Trinajstić information content (AvgIpc) is 2.31. The third kappa shape index (κ3) is 4.50. The predicted molar refractivity (Wildman–Crippen MR) is 68.4 cm³/mol. The van der Waals surface area contributed by atoms with E-state index in [0.29, 0.717) is 31.0 Å².